The van der Waals surface area contributed by atoms with Gasteiger partial charge in [0.15, 0.2) is 0 Å². The van der Waals surface area contributed by atoms with Crippen LogP contribution in [0, 0.1) is 0 Å². The number of hydrogen-bond donors (Lipinski definition) is 1. The molecule has 5 nitrogen and oxygen atoms in total. The van der Waals surface area contributed by atoms with E-state index < -0.39 is 16.8 Å². The molecule has 6 heteroatoms. The summed E-state index contributed by atoms with van der Waals surface area (Å²) in [6, 6.07) is 31.1. The molecule has 0 bridgehead atoms. The molecule has 0 fully saturated rings. The van der Waals surface area contributed by atoms with E-state index >= 15 is 0 Å². The topological polar surface area (TPSA) is 72.2 Å². The van der Waals surface area contributed by atoms with Gasteiger partial charge in [-0.2, -0.15) is 5.10 Å². The number of nitrogens with zero attached hydrogens (tertiary/aromatic N) is 2. The van der Waals surface area contributed by atoms with Crippen LogP contribution < -0.4 is 0 Å². The zero-order valence-corrected chi connectivity index (χ0v) is 20.5. The summed E-state index contributed by atoms with van der Waals surface area (Å²) in [5, 5.41) is 13.9. The van der Waals surface area contributed by atoms with Crippen molar-refractivity contribution >= 4 is 16.8 Å². The maximum atomic E-state index is 11.7. The molecule has 0 aliphatic rings. The summed E-state index contributed by atoms with van der Waals surface area (Å²) in [5.74, 6) is -0.823. The third-order valence-corrected chi connectivity index (χ3v) is 7.20. The Morgan fingerprint density at radius 1 is 0.743 bits per heavy atom. The van der Waals surface area contributed by atoms with Crippen LogP contribution in [0.3, 0.4) is 0 Å². The number of aromatic nitrogens is 2. The normalized spacial score (nSPS) is 11.9. The number of hydrogen-bond acceptors (Lipinski definition) is 3. The van der Waals surface area contributed by atoms with Gasteiger partial charge in [0.1, 0.15) is 11.4 Å². The molecule has 0 spiro atoms. The maximum absolute atomic E-state index is 11.7. The highest BCUT2D eigenvalue weighted by molar-refractivity contribution is 7.85. The van der Waals surface area contributed by atoms with E-state index in [0.717, 1.165) is 65.9 Å². The van der Waals surface area contributed by atoms with Crippen LogP contribution in [0.2, 0.25) is 0 Å². The van der Waals surface area contributed by atoms with E-state index in [1.807, 2.05) is 30.3 Å². The zero-order valence-electron chi connectivity index (χ0n) is 19.7. The van der Waals surface area contributed by atoms with Gasteiger partial charge in [0, 0.05) is 39.8 Å². The van der Waals surface area contributed by atoms with Gasteiger partial charge in [0.2, 0.25) is 0 Å². The Bertz CT molecular complexity index is 1260. The molecule has 1 atom stereocenters. The summed E-state index contributed by atoms with van der Waals surface area (Å²) in [6.45, 7) is 0.773. The van der Waals surface area contributed by atoms with Crippen LogP contribution in [-0.2, 0) is 22.1 Å². The van der Waals surface area contributed by atoms with Crippen molar-refractivity contribution in [2.45, 2.75) is 32.2 Å². The van der Waals surface area contributed by atoms with Crippen molar-refractivity contribution in [1.82, 2.24) is 9.78 Å². The van der Waals surface area contributed by atoms with Gasteiger partial charge in [-0.3, -0.25) is 13.7 Å². The average Bonchev–Trinajstić information content (AvgIpc) is 3.26. The molecule has 1 N–H and O–H groups in total. The highest BCUT2D eigenvalue weighted by Gasteiger charge is 2.21. The molecule has 1 heterocycles. The molecular formula is C29H30N2O3S. The van der Waals surface area contributed by atoms with Crippen molar-refractivity contribution in [3.8, 4) is 33.6 Å². The fraction of sp³-hybridized carbons (Fsp3) is 0.241. The Balaban J connectivity index is 1.60. The molecule has 0 saturated heterocycles. The zero-order chi connectivity index (χ0) is 24.5. The number of rotatable bonds is 12. The lowest BCUT2D eigenvalue weighted by molar-refractivity contribution is -0.133. The average molecular weight is 487 g/mol. The second kappa shape index (κ2) is 12.3. The summed E-state index contributed by atoms with van der Waals surface area (Å²) in [5.41, 5.74) is 6.57. The number of carboxylic acid groups (broad SMARTS) is 1. The van der Waals surface area contributed by atoms with Crippen LogP contribution in [0.25, 0.3) is 33.6 Å². The molecule has 0 saturated carbocycles. The lowest BCUT2D eigenvalue weighted by Gasteiger charge is -2.11. The molecule has 4 aromatic rings. The van der Waals surface area contributed by atoms with Gasteiger partial charge < -0.3 is 5.11 Å². The van der Waals surface area contributed by atoms with Crippen molar-refractivity contribution < 1.29 is 14.1 Å². The fourth-order valence-corrected chi connectivity index (χ4v) is 5.22. The van der Waals surface area contributed by atoms with Crippen LogP contribution in [0.5, 0.6) is 0 Å². The Kier molecular flexibility index (Phi) is 8.63. The molecule has 3 aromatic carbocycles. The first-order valence-corrected chi connectivity index (χ1v) is 13.5. The second-order valence-corrected chi connectivity index (χ2v) is 10.1. The molecule has 1 aromatic heterocycles. The minimum atomic E-state index is -1.28. The van der Waals surface area contributed by atoms with Gasteiger partial charge in [-0.25, -0.2) is 0 Å². The Hall–Kier alpha value is -3.51. The van der Waals surface area contributed by atoms with E-state index in [2.05, 4.69) is 65.3 Å². The molecule has 180 valence electrons. The smallest absolute Gasteiger partial charge is 0.316 e. The fourth-order valence-electron chi connectivity index (χ4n) is 4.28. The third-order valence-electron chi connectivity index (χ3n) is 5.89. The number of carbonyl (C=O) groups is 1. The Labute approximate surface area is 208 Å². The Morgan fingerprint density at radius 3 is 1.89 bits per heavy atom. The van der Waals surface area contributed by atoms with Gasteiger partial charge in [-0.1, -0.05) is 104 Å². The first-order valence-electron chi connectivity index (χ1n) is 12.0. The van der Waals surface area contributed by atoms with Crippen LogP contribution in [0.4, 0.5) is 0 Å². The Morgan fingerprint density at radius 2 is 1.29 bits per heavy atom. The lowest BCUT2D eigenvalue weighted by Crippen LogP contribution is -2.11. The van der Waals surface area contributed by atoms with Gasteiger partial charge in [0.25, 0.3) is 0 Å². The first-order chi connectivity index (χ1) is 17.1. The van der Waals surface area contributed by atoms with Crippen LogP contribution in [-0.4, -0.2) is 36.6 Å². The molecule has 35 heavy (non-hydrogen) atoms. The predicted octanol–water partition coefficient (Wildman–Crippen LogP) is 6.28. The van der Waals surface area contributed by atoms with Crippen LogP contribution >= 0.6 is 0 Å². The second-order valence-electron chi connectivity index (χ2n) is 8.49. The lowest BCUT2D eigenvalue weighted by atomic mass is 9.96. The summed E-state index contributed by atoms with van der Waals surface area (Å²) in [4.78, 5) is 10.7. The molecule has 0 amide bonds. The quantitative estimate of drug-likeness (QED) is 0.239. The summed E-state index contributed by atoms with van der Waals surface area (Å²) in [6.07, 6.45) is 3.61. The maximum Gasteiger partial charge on any atom is 0.316 e. The van der Waals surface area contributed by atoms with E-state index in [1.54, 1.807) is 0 Å². The molecule has 0 radical (unpaired) electrons. The van der Waals surface area contributed by atoms with E-state index in [-0.39, 0.29) is 5.75 Å². The number of aliphatic carboxylic acids is 1. The summed E-state index contributed by atoms with van der Waals surface area (Å²) < 4.78 is 13.9. The van der Waals surface area contributed by atoms with Crippen molar-refractivity contribution in [2.75, 3.05) is 11.5 Å². The van der Waals surface area contributed by atoms with E-state index in [4.69, 9.17) is 10.2 Å². The minimum absolute atomic E-state index is 0.266. The number of carboxylic acids is 1. The van der Waals surface area contributed by atoms with Crippen molar-refractivity contribution in [3.05, 3.63) is 91.0 Å². The number of aryl methyl sites for hydroxylation is 1. The first kappa shape index (κ1) is 24.6. The molecule has 0 aliphatic carbocycles. The van der Waals surface area contributed by atoms with Crippen LogP contribution in [0.1, 0.15) is 25.7 Å². The molecular weight excluding hydrogens is 456 g/mol. The summed E-state index contributed by atoms with van der Waals surface area (Å²) >= 11 is 0. The molecule has 1 unspecified atom stereocenters. The van der Waals surface area contributed by atoms with Crippen LogP contribution in [0.15, 0.2) is 91.0 Å². The standard InChI is InChI=1S/C29H30N2O3S/c32-26(33)22-35(34)21-13-2-1-12-20-31-29(25-18-10-5-11-19-25)27(23-14-6-3-7-15-23)28(30-31)24-16-8-4-9-17-24/h3-11,14-19H,1-2,12-13,20-22H2,(H,32,33). The highest BCUT2D eigenvalue weighted by Crippen LogP contribution is 2.40. The van der Waals surface area contributed by atoms with Crippen molar-refractivity contribution in [2.24, 2.45) is 0 Å². The molecule has 4 rings (SSSR count). The SMILES string of the molecule is O=C(O)CS(=O)CCCCCCn1nc(-c2ccccc2)c(-c2ccccc2)c1-c1ccccc1. The predicted molar refractivity (Wildman–Crippen MR) is 143 cm³/mol. The molecule has 0 aliphatic heterocycles. The number of benzene rings is 3. The van der Waals surface area contributed by atoms with E-state index in [0.29, 0.717) is 5.75 Å². The van der Waals surface area contributed by atoms with Crippen molar-refractivity contribution in [3.63, 3.8) is 0 Å². The summed E-state index contributed by atoms with van der Waals surface area (Å²) in [7, 11) is -1.28. The van der Waals surface area contributed by atoms with E-state index in [9.17, 15) is 9.00 Å². The van der Waals surface area contributed by atoms with Gasteiger partial charge in [-0.05, 0) is 18.4 Å². The largest absolute Gasteiger partial charge is 0.481 e. The van der Waals surface area contributed by atoms with Gasteiger partial charge >= 0.3 is 5.97 Å². The third kappa shape index (κ3) is 6.55. The van der Waals surface area contributed by atoms with Gasteiger partial charge in [-0.15, -0.1) is 0 Å². The van der Waals surface area contributed by atoms with Gasteiger partial charge in [0.05, 0.1) is 5.69 Å². The van der Waals surface area contributed by atoms with Crippen molar-refractivity contribution in [1.29, 1.82) is 0 Å². The number of unbranched alkanes of at least 4 members (excludes halogenated alkanes) is 3. The highest BCUT2D eigenvalue weighted by atomic mass is 32.2. The van der Waals surface area contributed by atoms with E-state index in [1.165, 1.54) is 0 Å². The minimum Gasteiger partial charge on any atom is -0.481 e. The monoisotopic (exact) mass is 486 g/mol.